The van der Waals surface area contributed by atoms with Crippen molar-refractivity contribution < 1.29 is 28.2 Å². The number of halogens is 1. The number of ether oxygens (including phenoxy) is 3. The fourth-order valence-corrected chi connectivity index (χ4v) is 2.04. The number of rotatable bonds is 6. The predicted octanol–water partition coefficient (Wildman–Crippen LogP) is 3.77. The van der Waals surface area contributed by atoms with E-state index >= 15 is 0 Å². The maximum atomic E-state index is 12.5. The van der Waals surface area contributed by atoms with Crippen LogP contribution in [-0.2, 0) is 20.7 Å². The van der Waals surface area contributed by atoms with Crippen LogP contribution in [0.2, 0.25) is 0 Å². The zero-order valence-electron chi connectivity index (χ0n) is 16.2. The molecule has 0 saturated carbocycles. The first kappa shape index (κ1) is 21.7. The number of carbonyl (C=O) groups is 2. The highest BCUT2D eigenvalue weighted by atomic mass is 18.2. The molecule has 0 fully saturated rings. The Labute approximate surface area is 154 Å². The predicted molar refractivity (Wildman–Crippen MR) is 95.8 cm³/mol. The van der Waals surface area contributed by atoms with Gasteiger partial charge >= 0.3 is 12.1 Å². The molecule has 0 aliphatic rings. The Balaban J connectivity index is 2.88. The van der Waals surface area contributed by atoms with Crippen molar-refractivity contribution in [1.29, 1.82) is 0 Å². The van der Waals surface area contributed by atoms with Crippen molar-refractivity contribution in [2.24, 2.45) is 0 Å². The van der Waals surface area contributed by atoms with E-state index in [-0.39, 0.29) is 6.42 Å². The summed E-state index contributed by atoms with van der Waals surface area (Å²) in [6, 6.07) is 5.65. The van der Waals surface area contributed by atoms with Crippen molar-refractivity contribution in [2.75, 3.05) is 6.86 Å². The molecule has 1 rings (SSSR count). The van der Waals surface area contributed by atoms with Gasteiger partial charge in [-0.3, -0.25) is 0 Å². The third-order valence-electron chi connectivity index (χ3n) is 2.97. The van der Waals surface area contributed by atoms with Gasteiger partial charge in [-0.15, -0.1) is 0 Å². The summed E-state index contributed by atoms with van der Waals surface area (Å²) in [4.78, 5) is 24.5. The van der Waals surface area contributed by atoms with E-state index in [1.807, 2.05) is 0 Å². The third kappa shape index (κ3) is 8.69. The molecule has 1 aromatic rings. The lowest BCUT2D eigenvalue weighted by Crippen LogP contribution is -2.47. The van der Waals surface area contributed by atoms with E-state index in [2.05, 4.69) is 5.32 Å². The van der Waals surface area contributed by atoms with Crippen LogP contribution in [-0.4, -0.2) is 36.2 Å². The molecule has 1 atom stereocenters. The molecule has 1 N–H and O–H groups in total. The molecule has 0 radical (unpaired) electrons. The zero-order chi connectivity index (χ0) is 20.0. The molecular weight excluding hydrogens is 340 g/mol. The van der Waals surface area contributed by atoms with E-state index in [4.69, 9.17) is 14.2 Å². The molecule has 0 saturated heterocycles. The molecule has 0 unspecified atom stereocenters. The lowest BCUT2D eigenvalue weighted by atomic mass is 10.1. The minimum Gasteiger partial charge on any atom is -0.463 e. The lowest BCUT2D eigenvalue weighted by Gasteiger charge is -2.26. The van der Waals surface area contributed by atoms with E-state index in [0.29, 0.717) is 5.75 Å². The number of esters is 1. The minimum atomic E-state index is -0.919. The second-order valence-electron chi connectivity index (χ2n) is 7.83. The van der Waals surface area contributed by atoms with E-state index in [0.717, 1.165) is 5.56 Å². The Hall–Kier alpha value is -2.31. The first-order valence-electron chi connectivity index (χ1n) is 8.40. The van der Waals surface area contributed by atoms with Crippen LogP contribution in [0.15, 0.2) is 24.3 Å². The van der Waals surface area contributed by atoms with Crippen molar-refractivity contribution in [2.45, 2.75) is 65.2 Å². The molecule has 1 amide bonds. The van der Waals surface area contributed by atoms with Gasteiger partial charge in [0.1, 0.15) is 23.0 Å². The lowest BCUT2D eigenvalue weighted by molar-refractivity contribution is -0.157. The van der Waals surface area contributed by atoms with Crippen molar-refractivity contribution in [3.8, 4) is 5.75 Å². The van der Waals surface area contributed by atoms with Gasteiger partial charge in [-0.05, 0) is 59.2 Å². The van der Waals surface area contributed by atoms with Gasteiger partial charge in [0.15, 0.2) is 0 Å². The Morgan fingerprint density at radius 2 is 1.54 bits per heavy atom. The van der Waals surface area contributed by atoms with Gasteiger partial charge in [0.05, 0.1) is 0 Å². The van der Waals surface area contributed by atoms with E-state index < -0.39 is 36.2 Å². The molecule has 0 aliphatic carbocycles. The van der Waals surface area contributed by atoms with Crippen LogP contribution in [0.1, 0.15) is 47.1 Å². The van der Waals surface area contributed by atoms with Crippen molar-refractivity contribution in [1.82, 2.24) is 5.32 Å². The fourth-order valence-electron chi connectivity index (χ4n) is 2.04. The summed E-state index contributed by atoms with van der Waals surface area (Å²) >= 11 is 0. The van der Waals surface area contributed by atoms with Crippen LogP contribution in [0.25, 0.3) is 0 Å². The SMILES string of the molecule is CC(C)(C)OC(=O)N[C@H](Cc1ccc(OC[18F])cc1)C(=O)OC(C)(C)C. The summed E-state index contributed by atoms with van der Waals surface area (Å²) in [6.45, 7) is 9.53. The average Bonchev–Trinajstić information content (AvgIpc) is 2.45. The number of amides is 1. The molecule has 26 heavy (non-hydrogen) atoms. The molecule has 0 aliphatic heterocycles. The van der Waals surface area contributed by atoms with E-state index in [1.54, 1.807) is 65.8 Å². The zero-order valence-corrected chi connectivity index (χ0v) is 16.2. The largest absolute Gasteiger partial charge is 0.463 e. The van der Waals surface area contributed by atoms with Crippen molar-refractivity contribution >= 4 is 12.1 Å². The van der Waals surface area contributed by atoms with Gasteiger partial charge < -0.3 is 19.5 Å². The van der Waals surface area contributed by atoms with Gasteiger partial charge in [-0.2, -0.15) is 0 Å². The standard InChI is InChI=1S/C19H28FNO5/c1-18(2,3)25-16(22)15(21-17(23)26-19(4,5)6)11-13-7-9-14(10-8-13)24-12-20/h7-10,15H,11-12H2,1-6H3,(H,21,23)/t15-/m1/s1/i20-1. The second-order valence-corrected chi connectivity index (χ2v) is 7.83. The number of hydrogen-bond acceptors (Lipinski definition) is 5. The Bertz CT molecular complexity index is 602. The number of alkyl carbamates (subject to hydrolysis) is 1. The van der Waals surface area contributed by atoms with Crippen molar-refractivity contribution in [3.05, 3.63) is 29.8 Å². The van der Waals surface area contributed by atoms with E-state index in [1.165, 1.54) is 0 Å². The molecule has 7 heteroatoms. The smallest absolute Gasteiger partial charge is 0.408 e. The molecule has 0 bridgehead atoms. The monoisotopic (exact) mass is 368 g/mol. The first-order valence-corrected chi connectivity index (χ1v) is 8.40. The van der Waals surface area contributed by atoms with Crippen LogP contribution >= 0.6 is 0 Å². The number of carbonyl (C=O) groups excluding carboxylic acids is 2. The van der Waals surface area contributed by atoms with Gasteiger partial charge in [0.25, 0.3) is 0 Å². The highest BCUT2D eigenvalue weighted by molar-refractivity contribution is 5.82. The van der Waals surface area contributed by atoms with Gasteiger partial charge in [-0.1, -0.05) is 12.1 Å². The molecule has 146 valence electrons. The minimum absolute atomic E-state index is 0.198. The molecule has 0 aromatic heterocycles. The van der Waals surface area contributed by atoms with Crippen molar-refractivity contribution in [3.63, 3.8) is 0 Å². The summed E-state index contributed by atoms with van der Waals surface area (Å²) in [7, 11) is 0. The quantitative estimate of drug-likeness (QED) is 0.774. The van der Waals surface area contributed by atoms with E-state index in [9.17, 15) is 14.0 Å². The summed E-state index contributed by atoms with van der Waals surface area (Å²) in [5.74, 6) is -0.183. The highest BCUT2D eigenvalue weighted by Crippen LogP contribution is 2.16. The first-order chi connectivity index (χ1) is 11.9. The summed E-state index contributed by atoms with van der Waals surface area (Å²) in [5.41, 5.74) is -0.624. The third-order valence-corrected chi connectivity index (χ3v) is 2.97. The van der Waals surface area contributed by atoms with Crippen LogP contribution < -0.4 is 10.1 Å². The molecule has 0 spiro atoms. The summed E-state index contributed by atoms with van der Waals surface area (Å²) in [6.07, 6.45) is -0.505. The Morgan fingerprint density at radius 1 is 1.00 bits per heavy atom. The fraction of sp³-hybridized carbons (Fsp3) is 0.579. The van der Waals surface area contributed by atoms with Gasteiger partial charge in [0, 0.05) is 6.42 Å². The maximum absolute atomic E-state index is 12.5. The second kappa shape index (κ2) is 8.87. The van der Waals surface area contributed by atoms with Gasteiger partial charge in [0.2, 0.25) is 6.86 Å². The number of nitrogens with one attached hydrogen (secondary N) is 1. The summed E-state index contributed by atoms with van der Waals surface area (Å²) in [5, 5.41) is 2.56. The van der Waals surface area contributed by atoms with Crippen LogP contribution in [0.4, 0.5) is 9.18 Å². The average molecular weight is 368 g/mol. The molecular formula is C19H28FNO5. The molecule has 6 nitrogen and oxygen atoms in total. The Kier molecular flexibility index (Phi) is 7.41. The van der Waals surface area contributed by atoms with Crippen LogP contribution in [0.5, 0.6) is 5.75 Å². The Morgan fingerprint density at radius 3 is 2.00 bits per heavy atom. The maximum Gasteiger partial charge on any atom is 0.408 e. The highest BCUT2D eigenvalue weighted by Gasteiger charge is 2.28. The topological polar surface area (TPSA) is 73.9 Å². The van der Waals surface area contributed by atoms with Crippen LogP contribution in [0, 0.1) is 0 Å². The molecule has 1 aromatic carbocycles. The summed E-state index contributed by atoms with van der Waals surface area (Å²) < 4.78 is 27.5. The van der Waals surface area contributed by atoms with Crippen LogP contribution in [0.3, 0.4) is 0 Å². The number of alkyl halides is 1. The number of benzene rings is 1. The van der Waals surface area contributed by atoms with Gasteiger partial charge in [-0.25, -0.2) is 14.0 Å². The molecule has 0 heterocycles. The normalized spacial score (nSPS) is 12.9. The number of hydrogen-bond donors (Lipinski definition) is 1.